The van der Waals surface area contributed by atoms with E-state index >= 15 is 0 Å². The number of aromatic nitrogens is 3. The number of hydrogen-bond acceptors (Lipinski definition) is 5. The van der Waals surface area contributed by atoms with Crippen LogP contribution < -0.4 is 16.8 Å². The molecule has 0 aliphatic heterocycles. The van der Waals surface area contributed by atoms with E-state index < -0.39 is 0 Å². The van der Waals surface area contributed by atoms with E-state index in [4.69, 9.17) is 5.84 Å². The number of nitrogens with zero attached hydrogens (tertiary/aromatic N) is 3. The van der Waals surface area contributed by atoms with Crippen molar-refractivity contribution in [3.05, 3.63) is 64.1 Å². The smallest absolute Gasteiger partial charge is 0.267 e. The van der Waals surface area contributed by atoms with Crippen LogP contribution in [0.1, 0.15) is 11.1 Å². The molecule has 2 aromatic heterocycles. The minimum absolute atomic E-state index is 0.147. The van der Waals surface area contributed by atoms with Gasteiger partial charge in [0.05, 0.1) is 18.3 Å². The van der Waals surface area contributed by atoms with Gasteiger partial charge < -0.3 is 5.43 Å². The Morgan fingerprint density at radius 2 is 2.10 bits per heavy atom. The summed E-state index contributed by atoms with van der Waals surface area (Å²) in [6.45, 7) is 2.15. The molecule has 106 valence electrons. The lowest BCUT2D eigenvalue weighted by molar-refractivity contribution is 0.636. The van der Waals surface area contributed by atoms with Gasteiger partial charge in [-0.05, 0) is 24.6 Å². The number of hydrogen-bond donors (Lipinski definition) is 2. The number of nitrogens with two attached hydrogens (primary N) is 1. The molecule has 2 heterocycles. The molecule has 3 N–H and O–H groups in total. The van der Waals surface area contributed by atoms with Crippen LogP contribution in [-0.4, -0.2) is 14.8 Å². The fourth-order valence-corrected chi connectivity index (χ4v) is 2.21. The van der Waals surface area contributed by atoms with Crippen LogP contribution in [0.5, 0.6) is 0 Å². The van der Waals surface area contributed by atoms with Crippen LogP contribution >= 0.6 is 0 Å². The zero-order valence-corrected chi connectivity index (χ0v) is 11.6. The van der Waals surface area contributed by atoms with E-state index in [1.165, 1.54) is 4.68 Å². The maximum Gasteiger partial charge on any atom is 0.267 e. The lowest BCUT2D eigenvalue weighted by atomic mass is 10.1. The first-order valence-electron chi connectivity index (χ1n) is 6.56. The molecular formula is C15H15N5O. The van der Waals surface area contributed by atoms with E-state index in [-0.39, 0.29) is 5.56 Å². The van der Waals surface area contributed by atoms with Gasteiger partial charge in [-0.25, -0.2) is 15.5 Å². The van der Waals surface area contributed by atoms with Gasteiger partial charge in [0.1, 0.15) is 5.82 Å². The fourth-order valence-electron chi connectivity index (χ4n) is 2.21. The number of hydrazine groups is 1. The highest BCUT2D eigenvalue weighted by molar-refractivity contribution is 5.81. The van der Waals surface area contributed by atoms with E-state index in [1.54, 1.807) is 12.3 Å². The maximum absolute atomic E-state index is 11.9. The lowest BCUT2D eigenvalue weighted by Crippen LogP contribution is -2.24. The average molecular weight is 281 g/mol. The van der Waals surface area contributed by atoms with Crippen molar-refractivity contribution in [2.45, 2.75) is 13.5 Å². The summed E-state index contributed by atoms with van der Waals surface area (Å²) in [5, 5.41) is 5.13. The van der Waals surface area contributed by atoms with E-state index in [1.807, 2.05) is 37.3 Å². The number of para-hydroxylation sites is 1. The number of benzene rings is 1. The molecule has 6 nitrogen and oxygen atoms in total. The van der Waals surface area contributed by atoms with Crippen molar-refractivity contribution in [3.63, 3.8) is 0 Å². The van der Waals surface area contributed by atoms with E-state index in [0.717, 1.165) is 22.0 Å². The molecule has 0 fully saturated rings. The Balaban J connectivity index is 2.08. The van der Waals surface area contributed by atoms with Gasteiger partial charge in [0.2, 0.25) is 0 Å². The van der Waals surface area contributed by atoms with Crippen molar-refractivity contribution in [2.24, 2.45) is 5.84 Å². The standard InChI is InChI=1S/C15H15N5O/c1-10-6-14(21)20(17-8-10)9-12-7-11-4-2-3-5-13(11)18-15(12)19-16/h2-8H,9,16H2,1H3,(H,18,19). The summed E-state index contributed by atoms with van der Waals surface area (Å²) in [6.07, 6.45) is 1.66. The first-order chi connectivity index (χ1) is 10.2. The third kappa shape index (κ3) is 2.61. The molecule has 0 bridgehead atoms. The van der Waals surface area contributed by atoms with Gasteiger partial charge in [0.25, 0.3) is 5.56 Å². The zero-order chi connectivity index (χ0) is 14.8. The molecule has 0 aliphatic rings. The summed E-state index contributed by atoms with van der Waals surface area (Å²) >= 11 is 0. The molecule has 1 aromatic carbocycles. The SMILES string of the molecule is Cc1cnn(Cc2cc3ccccc3nc2NN)c(=O)c1. The van der Waals surface area contributed by atoms with E-state index in [0.29, 0.717) is 12.4 Å². The van der Waals surface area contributed by atoms with Crippen molar-refractivity contribution < 1.29 is 0 Å². The third-order valence-corrected chi connectivity index (χ3v) is 3.27. The van der Waals surface area contributed by atoms with Gasteiger partial charge in [0.15, 0.2) is 0 Å². The summed E-state index contributed by atoms with van der Waals surface area (Å²) < 4.78 is 1.39. The van der Waals surface area contributed by atoms with E-state index in [2.05, 4.69) is 15.5 Å². The van der Waals surface area contributed by atoms with Crippen molar-refractivity contribution in [1.29, 1.82) is 0 Å². The molecule has 0 amide bonds. The molecule has 0 aliphatic carbocycles. The highest BCUT2D eigenvalue weighted by atomic mass is 16.1. The Hall–Kier alpha value is -2.73. The van der Waals surface area contributed by atoms with Crippen LogP contribution in [0, 0.1) is 6.92 Å². The Morgan fingerprint density at radius 1 is 1.29 bits per heavy atom. The number of nitrogen functional groups attached to an aromatic ring is 1. The molecule has 0 atom stereocenters. The second kappa shape index (κ2) is 5.34. The van der Waals surface area contributed by atoms with Crippen LogP contribution in [0.15, 0.2) is 47.4 Å². The average Bonchev–Trinajstić information content (AvgIpc) is 2.49. The van der Waals surface area contributed by atoms with Gasteiger partial charge >= 0.3 is 0 Å². The van der Waals surface area contributed by atoms with Crippen LogP contribution in [0.25, 0.3) is 10.9 Å². The predicted molar refractivity (Wildman–Crippen MR) is 81.9 cm³/mol. The number of anilines is 1. The number of pyridine rings is 1. The molecule has 0 saturated heterocycles. The van der Waals surface area contributed by atoms with Gasteiger partial charge in [-0.2, -0.15) is 5.10 Å². The molecule has 3 rings (SSSR count). The quantitative estimate of drug-likeness (QED) is 0.560. The zero-order valence-electron chi connectivity index (χ0n) is 11.6. The molecule has 0 radical (unpaired) electrons. The molecule has 3 aromatic rings. The first kappa shape index (κ1) is 13.3. The highest BCUT2D eigenvalue weighted by Crippen LogP contribution is 2.20. The Bertz CT molecular complexity index is 856. The molecule has 0 saturated carbocycles. The molecule has 6 heteroatoms. The van der Waals surface area contributed by atoms with Gasteiger partial charge in [0, 0.05) is 17.0 Å². The molecule has 21 heavy (non-hydrogen) atoms. The van der Waals surface area contributed by atoms with Gasteiger partial charge in [-0.3, -0.25) is 4.79 Å². The summed E-state index contributed by atoms with van der Waals surface area (Å²) in [4.78, 5) is 16.4. The van der Waals surface area contributed by atoms with Crippen molar-refractivity contribution in [2.75, 3.05) is 5.43 Å². The summed E-state index contributed by atoms with van der Waals surface area (Å²) in [7, 11) is 0. The predicted octanol–water partition coefficient (Wildman–Crippen LogP) is 1.43. The summed E-state index contributed by atoms with van der Waals surface area (Å²) in [5.74, 6) is 6.08. The lowest BCUT2D eigenvalue weighted by Gasteiger charge is -2.11. The van der Waals surface area contributed by atoms with Crippen LogP contribution in [-0.2, 0) is 6.54 Å². The van der Waals surface area contributed by atoms with Crippen LogP contribution in [0.3, 0.4) is 0 Å². The Kier molecular flexibility index (Phi) is 3.37. The van der Waals surface area contributed by atoms with Crippen LogP contribution in [0.2, 0.25) is 0 Å². The monoisotopic (exact) mass is 281 g/mol. The number of fused-ring (bicyclic) bond motifs is 1. The Labute approximate surface area is 121 Å². The molecular weight excluding hydrogens is 266 g/mol. The highest BCUT2D eigenvalue weighted by Gasteiger charge is 2.08. The second-order valence-electron chi connectivity index (χ2n) is 4.86. The number of nitrogens with one attached hydrogen (secondary N) is 1. The minimum atomic E-state index is -0.147. The number of aryl methyl sites for hydroxylation is 1. The maximum atomic E-state index is 11.9. The molecule has 0 spiro atoms. The Morgan fingerprint density at radius 3 is 2.86 bits per heavy atom. The topological polar surface area (TPSA) is 85.8 Å². The summed E-state index contributed by atoms with van der Waals surface area (Å²) in [6, 6.07) is 11.3. The van der Waals surface area contributed by atoms with Crippen molar-refractivity contribution in [3.8, 4) is 0 Å². The first-order valence-corrected chi connectivity index (χ1v) is 6.56. The minimum Gasteiger partial charge on any atom is -0.308 e. The van der Waals surface area contributed by atoms with Crippen molar-refractivity contribution in [1.82, 2.24) is 14.8 Å². The van der Waals surface area contributed by atoms with Crippen LogP contribution in [0.4, 0.5) is 5.82 Å². The largest absolute Gasteiger partial charge is 0.308 e. The van der Waals surface area contributed by atoms with Gasteiger partial charge in [-0.1, -0.05) is 18.2 Å². The summed E-state index contributed by atoms with van der Waals surface area (Å²) in [5.41, 5.74) is 4.94. The second-order valence-corrected chi connectivity index (χ2v) is 4.86. The normalized spacial score (nSPS) is 10.8. The fraction of sp³-hybridized carbons (Fsp3) is 0.133. The van der Waals surface area contributed by atoms with Gasteiger partial charge in [-0.15, -0.1) is 0 Å². The van der Waals surface area contributed by atoms with Crippen molar-refractivity contribution >= 4 is 16.7 Å². The molecule has 0 unspecified atom stereocenters. The number of rotatable bonds is 3. The van der Waals surface area contributed by atoms with E-state index in [9.17, 15) is 4.79 Å². The third-order valence-electron chi connectivity index (χ3n) is 3.27.